The van der Waals surface area contributed by atoms with Crippen LogP contribution in [0.15, 0.2) is 35.3 Å². The molecule has 2 aromatic rings. The first-order valence-corrected chi connectivity index (χ1v) is 8.71. The van der Waals surface area contributed by atoms with Crippen LogP contribution in [0.1, 0.15) is 39.0 Å². The number of benzene rings is 1. The molecular formula is C20H28BN3O. The van der Waals surface area contributed by atoms with Crippen molar-refractivity contribution >= 4 is 25.3 Å². The Morgan fingerprint density at radius 2 is 2.00 bits per heavy atom. The first-order chi connectivity index (χ1) is 11.7. The van der Waals surface area contributed by atoms with E-state index in [9.17, 15) is 0 Å². The van der Waals surface area contributed by atoms with Gasteiger partial charge < -0.3 is 9.64 Å². The fraction of sp³-hybridized carbons (Fsp3) is 0.400. The summed E-state index contributed by atoms with van der Waals surface area (Å²) in [6.07, 6.45) is 1.83. The summed E-state index contributed by atoms with van der Waals surface area (Å²) < 4.78 is 6.05. The number of aryl methyl sites for hydroxylation is 1. The van der Waals surface area contributed by atoms with Gasteiger partial charge in [-0.05, 0) is 48.5 Å². The molecule has 1 heterocycles. The molecule has 5 heteroatoms. The lowest BCUT2D eigenvalue weighted by Crippen LogP contribution is -2.15. The number of rotatable bonds is 5. The van der Waals surface area contributed by atoms with Gasteiger partial charge in [-0.15, -0.1) is 0 Å². The van der Waals surface area contributed by atoms with Gasteiger partial charge in [-0.2, -0.15) is 0 Å². The van der Waals surface area contributed by atoms with Gasteiger partial charge in [-0.1, -0.05) is 32.9 Å². The predicted octanol–water partition coefficient (Wildman–Crippen LogP) is 3.35. The summed E-state index contributed by atoms with van der Waals surface area (Å²) in [6, 6.07) is 10.2. The van der Waals surface area contributed by atoms with Crippen LogP contribution in [0.4, 0.5) is 5.69 Å². The molecule has 0 radical (unpaired) electrons. The van der Waals surface area contributed by atoms with Crippen molar-refractivity contribution in [2.45, 2.75) is 40.0 Å². The summed E-state index contributed by atoms with van der Waals surface area (Å²) in [5.41, 5.74) is 4.02. The van der Waals surface area contributed by atoms with Crippen molar-refractivity contribution in [3.05, 3.63) is 41.6 Å². The van der Waals surface area contributed by atoms with Crippen molar-refractivity contribution in [1.82, 2.24) is 9.88 Å². The van der Waals surface area contributed by atoms with E-state index in [1.807, 2.05) is 51.3 Å². The minimum Gasteiger partial charge on any atom is -0.440 e. The Hall–Kier alpha value is -2.30. The van der Waals surface area contributed by atoms with Crippen LogP contribution in [0, 0.1) is 6.92 Å². The van der Waals surface area contributed by atoms with E-state index in [0.717, 1.165) is 29.1 Å². The third-order valence-corrected chi connectivity index (χ3v) is 4.14. The highest BCUT2D eigenvalue weighted by Gasteiger charge is 2.15. The van der Waals surface area contributed by atoms with Crippen LogP contribution in [0.5, 0.6) is 11.6 Å². The summed E-state index contributed by atoms with van der Waals surface area (Å²) >= 11 is 0. The second-order valence-corrected chi connectivity index (χ2v) is 7.41. The standard InChI is InChI=1S/C20H28BN3O/c1-7-24(6)13-22-18-12-17(21)19(23-14(18)2)25-16-10-8-9-15(11-16)20(3,4)5/h8-13H,7,21H2,1-6H3/b22-13+. The molecule has 0 saturated carbocycles. The SMILES string of the molecule is Bc1cc(/N=C/N(C)CC)c(C)nc1Oc1cccc(C(C)(C)C)c1. The first-order valence-electron chi connectivity index (χ1n) is 8.71. The fourth-order valence-corrected chi connectivity index (χ4v) is 2.28. The Labute approximate surface area is 152 Å². The lowest BCUT2D eigenvalue weighted by atomic mass is 9.87. The number of aliphatic imine (C=N–C) groups is 1. The minimum absolute atomic E-state index is 0.0850. The maximum Gasteiger partial charge on any atom is 0.213 e. The molecule has 0 saturated heterocycles. The highest BCUT2D eigenvalue weighted by atomic mass is 16.5. The number of hydrogen-bond donors (Lipinski definition) is 0. The highest BCUT2D eigenvalue weighted by molar-refractivity contribution is 6.34. The van der Waals surface area contributed by atoms with Gasteiger partial charge in [0.2, 0.25) is 5.88 Å². The average Bonchev–Trinajstić information content (AvgIpc) is 2.55. The van der Waals surface area contributed by atoms with Gasteiger partial charge in [0.25, 0.3) is 0 Å². The van der Waals surface area contributed by atoms with Crippen LogP contribution in [-0.2, 0) is 5.41 Å². The first kappa shape index (κ1) is 19.0. The van der Waals surface area contributed by atoms with E-state index in [0.29, 0.717) is 5.88 Å². The van der Waals surface area contributed by atoms with Crippen molar-refractivity contribution in [1.29, 1.82) is 0 Å². The van der Waals surface area contributed by atoms with E-state index in [4.69, 9.17) is 4.74 Å². The molecule has 0 aliphatic carbocycles. The summed E-state index contributed by atoms with van der Waals surface area (Å²) in [6.45, 7) is 11.5. The van der Waals surface area contributed by atoms with Crippen LogP contribution < -0.4 is 10.2 Å². The zero-order valence-electron chi connectivity index (χ0n) is 16.4. The second-order valence-electron chi connectivity index (χ2n) is 7.41. The molecule has 0 N–H and O–H groups in total. The summed E-state index contributed by atoms with van der Waals surface area (Å²) in [5, 5.41) is 0. The maximum atomic E-state index is 6.05. The summed E-state index contributed by atoms with van der Waals surface area (Å²) in [5.74, 6) is 1.44. The van der Waals surface area contributed by atoms with E-state index in [1.165, 1.54) is 5.56 Å². The maximum absolute atomic E-state index is 6.05. The number of hydrogen-bond acceptors (Lipinski definition) is 3. The topological polar surface area (TPSA) is 37.7 Å². The molecule has 132 valence electrons. The molecule has 0 spiro atoms. The smallest absolute Gasteiger partial charge is 0.213 e. The van der Waals surface area contributed by atoms with Gasteiger partial charge in [-0.25, -0.2) is 9.98 Å². The normalized spacial score (nSPS) is 11.8. The lowest BCUT2D eigenvalue weighted by Gasteiger charge is -2.20. The van der Waals surface area contributed by atoms with Crippen LogP contribution in [0.3, 0.4) is 0 Å². The molecule has 1 aromatic heterocycles. The Balaban J connectivity index is 2.27. The molecule has 0 bridgehead atoms. The van der Waals surface area contributed by atoms with Crippen molar-refractivity contribution in [2.75, 3.05) is 13.6 Å². The van der Waals surface area contributed by atoms with Gasteiger partial charge in [0.1, 0.15) is 13.6 Å². The Morgan fingerprint density at radius 1 is 1.28 bits per heavy atom. The van der Waals surface area contributed by atoms with E-state index in [2.05, 4.69) is 49.8 Å². The summed E-state index contributed by atoms with van der Waals surface area (Å²) in [4.78, 5) is 11.1. The average molecular weight is 337 g/mol. The number of aromatic nitrogens is 1. The van der Waals surface area contributed by atoms with Crippen molar-refractivity contribution in [3.63, 3.8) is 0 Å². The second kappa shape index (κ2) is 7.73. The lowest BCUT2D eigenvalue weighted by molar-refractivity contribution is 0.462. The molecule has 0 aliphatic rings. The van der Waals surface area contributed by atoms with Crippen LogP contribution in [0.2, 0.25) is 0 Å². The Kier molecular flexibility index (Phi) is 5.88. The molecule has 25 heavy (non-hydrogen) atoms. The van der Waals surface area contributed by atoms with Gasteiger partial charge in [0.05, 0.1) is 17.7 Å². The van der Waals surface area contributed by atoms with Gasteiger partial charge in [-0.3, -0.25) is 0 Å². The Bertz CT molecular complexity index is 766. The van der Waals surface area contributed by atoms with Gasteiger partial charge in [0, 0.05) is 13.6 Å². The van der Waals surface area contributed by atoms with Crippen LogP contribution in [0.25, 0.3) is 0 Å². The highest BCUT2D eigenvalue weighted by Crippen LogP contribution is 2.28. The largest absolute Gasteiger partial charge is 0.440 e. The molecule has 0 fully saturated rings. The third kappa shape index (κ3) is 5.09. The van der Waals surface area contributed by atoms with Gasteiger partial charge >= 0.3 is 0 Å². The van der Waals surface area contributed by atoms with Crippen molar-refractivity contribution in [2.24, 2.45) is 4.99 Å². The molecule has 1 aromatic carbocycles. The number of ether oxygens (including phenoxy) is 1. The van der Waals surface area contributed by atoms with Crippen LogP contribution in [-0.4, -0.2) is 37.7 Å². The Morgan fingerprint density at radius 3 is 2.64 bits per heavy atom. The predicted molar refractivity (Wildman–Crippen MR) is 109 cm³/mol. The molecule has 0 amide bonds. The number of nitrogens with zero attached hydrogens (tertiary/aromatic N) is 3. The monoisotopic (exact) mass is 337 g/mol. The molecule has 0 unspecified atom stereocenters. The van der Waals surface area contributed by atoms with E-state index < -0.39 is 0 Å². The summed E-state index contributed by atoms with van der Waals surface area (Å²) in [7, 11) is 4.00. The van der Waals surface area contributed by atoms with E-state index in [-0.39, 0.29) is 5.41 Å². The number of pyridine rings is 1. The molecule has 0 atom stereocenters. The quantitative estimate of drug-likeness (QED) is 0.477. The van der Waals surface area contributed by atoms with Crippen molar-refractivity contribution in [3.8, 4) is 11.6 Å². The van der Waals surface area contributed by atoms with Crippen LogP contribution >= 0.6 is 0 Å². The third-order valence-electron chi connectivity index (χ3n) is 4.14. The molecule has 2 rings (SSSR count). The zero-order chi connectivity index (χ0) is 18.6. The van der Waals surface area contributed by atoms with Gasteiger partial charge in [0.15, 0.2) is 0 Å². The molecule has 0 aliphatic heterocycles. The van der Waals surface area contributed by atoms with Crippen molar-refractivity contribution < 1.29 is 4.74 Å². The minimum atomic E-state index is 0.0850. The van der Waals surface area contributed by atoms with E-state index in [1.54, 1.807) is 0 Å². The molecular weight excluding hydrogens is 309 g/mol. The van der Waals surface area contributed by atoms with E-state index >= 15 is 0 Å². The zero-order valence-corrected chi connectivity index (χ0v) is 16.4. The molecule has 4 nitrogen and oxygen atoms in total. The fourth-order valence-electron chi connectivity index (χ4n) is 2.28.